The van der Waals surface area contributed by atoms with Gasteiger partial charge in [0.05, 0.1) is 18.6 Å². The van der Waals surface area contributed by atoms with Crippen LogP contribution in [0.4, 0.5) is 10.1 Å². The number of carbonyl (C=O) groups excluding carboxylic acids is 2. The van der Waals surface area contributed by atoms with Crippen molar-refractivity contribution in [1.82, 2.24) is 30.4 Å². The number of likely N-dealkylation sites (N-methyl/N-ethyl adjacent to an activating group) is 2. The van der Waals surface area contributed by atoms with Gasteiger partial charge in [0.1, 0.15) is 5.82 Å². The summed E-state index contributed by atoms with van der Waals surface area (Å²) in [4.78, 5) is 28.2. The Labute approximate surface area is 235 Å². The van der Waals surface area contributed by atoms with Crippen LogP contribution in [-0.4, -0.2) is 71.4 Å². The van der Waals surface area contributed by atoms with Crippen LogP contribution in [0, 0.1) is 19.7 Å². The molecule has 0 atom stereocenters. The number of benzene rings is 2. The predicted octanol–water partition coefficient (Wildman–Crippen LogP) is 3.16. The van der Waals surface area contributed by atoms with Crippen molar-refractivity contribution in [3.05, 3.63) is 58.5 Å². The molecule has 2 amide bonds. The molecule has 3 aromatic rings. The number of hydrazine groups is 1. The summed E-state index contributed by atoms with van der Waals surface area (Å²) in [5, 5.41) is 15.4. The second kappa shape index (κ2) is 13.2. The number of rotatable bonds is 11. The number of nitrogens with one attached hydrogen (secondary N) is 2. The fraction of sp³-hybridized carbons (Fsp3) is 0.464. The molecule has 11 heteroatoms. The molecule has 1 aromatic heterocycles. The molecule has 0 spiro atoms. The number of aromatic nitrogens is 2. The number of amides is 2. The maximum atomic E-state index is 13.7. The van der Waals surface area contributed by atoms with Gasteiger partial charge in [0, 0.05) is 56.5 Å². The Morgan fingerprint density at radius 1 is 1.05 bits per heavy atom. The van der Waals surface area contributed by atoms with E-state index in [0.717, 1.165) is 52.1 Å². The van der Waals surface area contributed by atoms with Gasteiger partial charge < -0.3 is 15.5 Å². The van der Waals surface area contributed by atoms with Gasteiger partial charge in [-0.15, -0.1) is 12.4 Å². The minimum Gasteiger partial charge on any atom is -0.353 e. The highest BCUT2D eigenvalue weighted by molar-refractivity contribution is 5.91. The lowest BCUT2D eigenvalue weighted by Gasteiger charge is -2.32. The highest BCUT2D eigenvalue weighted by atomic mass is 35.5. The average Bonchev–Trinajstić information content (AvgIpc) is 3.45. The molecule has 39 heavy (non-hydrogen) atoms. The lowest BCUT2D eigenvalue weighted by molar-refractivity contribution is -0.145. The zero-order valence-corrected chi connectivity index (χ0v) is 24.2. The summed E-state index contributed by atoms with van der Waals surface area (Å²) >= 11 is 0. The lowest BCUT2D eigenvalue weighted by atomic mass is 10.1. The minimum atomic E-state index is -0.280. The zero-order chi connectivity index (χ0) is 27.4. The van der Waals surface area contributed by atoms with Gasteiger partial charge in [-0.3, -0.25) is 19.3 Å². The zero-order valence-electron chi connectivity index (χ0n) is 23.4. The second-order valence-electron chi connectivity index (χ2n) is 9.77. The smallest absolute Gasteiger partial charge is 0.256 e. The van der Waals surface area contributed by atoms with E-state index in [1.165, 1.54) is 12.1 Å². The largest absolute Gasteiger partial charge is 0.353 e. The van der Waals surface area contributed by atoms with Crippen LogP contribution < -0.4 is 15.5 Å². The molecule has 9 nitrogen and oxygen atoms in total. The van der Waals surface area contributed by atoms with Crippen LogP contribution in [0.25, 0.3) is 10.9 Å². The van der Waals surface area contributed by atoms with Crippen LogP contribution in [0.3, 0.4) is 0 Å². The van der Waals surface area contributed by atoms with E-state index in [9.17, 15) is 14.0 Å². The first-order valence-corrected chi connectivity index (χ1v) is 13.2. The topological polar surface area (TPSA) is 85.7 Å². The van der Waals surface area contributed by atoms with Gasteiger partial charge in [0.15, 0.2) is 0 Å². The number of halogens is 2. The molecule has 212 valence electrons. The average molecular weight is 560 g/mol. The molecule has 0 saturated heterocycles. The Morgan fingerprint density at radius 2 is 1.79 bits per heavy atom. The van der Waals surface area contributed by atoms with Gasteiger partial charge in [-0.1, -0.05) is 13.0 Å². The summed E-state index contributed by atoms with van der Waals surface area (Å²) in [6.07, 6.45) is 0. The van der Waals surface area contributed by atoms with Crippen molar-refractivity contribution >= 4 is 40.8 Å². The first-order valence-electron chi connectivity index (χ1n) is 13.2. The van der Waals surface area contributed by atoms with Crippen molar-refractivity contribution in [2.24, 2.45) is 0 Å². The van der Waals surface area contributed by atoms with E-state index >= 15 is 0 Å². The number of aryl methyl sites for hydroxylation is 3. The fourth-order valence-electron chi connectivity index (χ4n) is 4.95. The van der Waals surface area contributed by atoms with Gasteiger partial charge in [-0.25, -0.2) is 9.40 Å². The first-order chi connectivity index (χ1) is 18.2. The molecule has 1 aliphatic heterocycles. The van der Waals surface area contributed by atoms with Gasteiger partial charge >= 0.3 is 0 Å². The molecule has 0 aliphatic carbocycles. The van der Waals surface area contributed by atoms with E-state index in [1.54, 1.807) is 18.1 Å². The maximum Gasteiger partial charge on any atom is 0.256 e. The molecule has 0 fully saturated rings. The number of nitrogens with zero attached hydrogens (tertiary/aromatic N) is 5. The van der Waals surface area contributed by atoms with Crippen molar-refractivity contribution < 1.29 is 14.0 Å². The Kier molecular flexibility index (Phi) is 10.3. The van der Waals surface area contributed by atoms with Crippen molar-refractivity contribution in [2.75, 3.05) is 44.7 Å². The number of carbonyl (C=O) groups is 2. The number of anilines is 1. The van der Waals surface area contributed by atoms with Crippen LogP contribution >= 0.6 is 12.4 Å². The van der Waals surface area contributed by atoms with E-state index in [-0.39, 0.29) is 43.1 Å². The molecule has 0 radical (unpaired) electrons. The molecule has 2 aromatic carbocycles. The Bertz CT molecular complexity index is 1330. The van der Waals surface area contributed by atoms with Gasteiger partial charge in [-0.05, 0) is 68.3 Å². The van der Waals surface area contributed by atoms with Gasteiger partial charge in [-0.2, -0.15) is 5.10 Å². The van der Waals surface area contributed by atoms with Crippen molar-refractivity contribution in [2.45, 2.75) is 47.3 Å². The van der Waals surface area contributed by atoms with Crippen molar-refractivity contribution in [1.29, 1.82) is 0 Å². The van der Waals surface area contributed by atoms with E-state index < -0.39 is 0 Å². The van der Waals surface area contributed by atoms with E-state index in [0.29, 0.717) is 26.2 Å². The van der Waals surface area contributed by atoms with E-state index in [4.69, 9.17) is 5.10 Å². The quantitative estimate of drug-likeness (QED) is 0.351. The molecular weight excluding hydrogens is 521 g/mol. The van der Waals surface area contributed by atoms with Gasteiger partial charge in [0.2, 0.25) is 5.91 Å². The molecule has 0 unspecified atom stereocenters. The van der Waals surface area contributed by atoms with Gasteiger partial charge in [0.25, 0.3) is 5.91 Å². The van der Waals surface area contributed by atoms with Crippen LogP contribution in [0.5, 0.6) is 0 Å². The summed E-state index contributed by atoms with van der Waals surface area (Å²) in [5.74, 6) is -0.594. The Balaban J connectivity index is 0.00000420. The van der Waals surface area contributed by atoms with E-state index in [2.05, 4.69) is 23.6 Å². The van der Waals surface area contributed by atoms with Crippen molar-refractivity contribution in [3.8, 4) is 0 Å². The fourth-order valence-corrected chi connectivity index (χ4v) is 4.95. The third-order valence-electron chi connectivity index (χ3n) is 7.15. The third-order valence-corrected chi connectivity index (χ3v) is 7.15. The summed E-state index contributed by atoms with van der Waals surface area (Å²) in [6, 6.07) is 8.78. The van der Waals surface area contributed by atoms with Crippen LogP contribution in [0.2, 0.25) is 0 Å². The predicted molar refractivity (Wildman–Crippen MR) is 154 cm³/mol. The summed E-state index contributed by atoms with van der Waals surface area (Å²) < 4.78 is 15.7. The summed E-state index contributed by atoms with van der Waals surface area (Å²) in [5.41, 5.74) is 5.58. The van der Waals surface area contributed by atoms with Crippen LogP contribution in [0.15, 0.2) is 30.3 Å². The Morgan fingerprint density at radius 3 is 2.51 bits per heavy atom. The highest BCUT2D eigenvalue weighted by Crippen LogP contribution is 2.29. The number of hydrogen-bond donors (Lipinski definition) is 2. The minimum absolute atomic E-state index is 0. The SMILES string of the molecule is CCNCCNC(=O)CN(CC(=O)N(C)N1Cc2ccc(F)cc2C1)c1cc2nn(CC)c(C)c2cc1C.Cl. The molecular formula is C28H39ClFN7O2. The molecule has 1 aliphatic rings. The molecule has 0 saturated carbocycles. The number of fused-ring (bicyclic) bond motifs is 2. The van der Waals surface area contributed by atoms with E-state index in [1.807, 2.05) is 41.4 Å². The molecule has 2 heterocycles. The standard InChI is InChI=1S/C28H38FN7O2.ClH/c1-6-30-10-11-31-27(37)17-34(26-14-25-24(12-19(26)3)20(4)36(7-2)32-25)18-28(38)33(5)35-15-21-8-9-23(29)13-22(21)16-35;/h8-9,12-14,30H,6-7,10-11,15-18H2,1-5H3,(H,31,37);1H. The number of hydrogen-bond acceptors (Lipinski definition) is 6. The molecule has 2 N–H and O–H groups in total. The molecule has 4 rings (SSSR count). The highest BCUT2D eigenvalue weighted by Gasteiger charge is 2.27. The van der Waals surface area contributed by atoms with Crippen molar-refractivity contribution in [3.63, 3.8) is 0 Å². The second-order valence-corrected chi connectivity index (χ2v) is 9.77. The lowest BCUT2D eigenvalue weighted by Crippen LogP contribution is -2.48. The summed E-state index contributed by atoms with van der Waals surface area (Å²) in [7, 11) is 1.72. The van der Waals surface area contributed by atoms with Crippen LogP contribution in [0.1, 0.15) is 36.2 Å². The summed E-state index contributed by atoms with van der Waals surface area (Å²) in [6.45, 7) is 11.9. The molecule has 0 bridgehead atoms. The maximum absolute atomic E-state index is 13.7. The third kappa shape index (κ3) is 6.87. The normalized spacial score (nSPS) is 12.8. The first kappa shape index (κ1) is 30.3. The Hall–Kier alpha value is -3.21. The van der Waals surface area contributed by atoms with Crippen LogP contribution in [-0.2, 0) is 29.2 Å². The monoisotopic (exact) mass is 559 g/mol.